The summed E-state index contributed by atoms with van der Waals surface area (Å²) >= 11 is 0. The van der Waals surface area contributed by atoms with E-state index in [2.05, 4.69) is 49.5 Å². The molecule has 3 heteroatoms. The van der Waals surface area contributed by atoms with E-state index < -0.39 is 0 Å². The van der Waals surface area contributed by atoms with Gasteiger partial charge in [0.15, 0.2) is 11.5 Å². The predicted octanol–water partition coefficient (Wildman–Crippen LogP) is 4.25. The highest BCUT2D eigenvalue weighted by Gasteiger charge is 2.09. The highest BCUT2D eigenvalue weighted by Crippen LogP contribution is 2.28. The number of nitrogens with one attached hydrogen (secondary N) is 1. The lowest BCUT2D eigenvalue weighted by Crippen LogP contribution is -2.18. The molecule has 0 bridgehead atoms. The molecule has 0 aliphatic rings. The maximum atomic E-state index is 5.63. The van der Waals surface area contributed by atoms with Crippen LogP contribution in [0.1, 0.15) is 36.6 Å². The van der Waals surface area contributed by atoms with Gasteiger partial charge in [0.1, 0.15) is 0 Å². The molecule has 1 N–H and O–H groups in total. The van der Waals surface area contributed by atoms with Crippen molar-refractivity contribution in [2.45, 2.75) is 33.4 Å². The fraction of sp³-hybridized carbons (Fsp3) is 0.368. The molecule has 22 heavy (non-hydrogen) atoms. The zero-order valence-electron chi connectivity index (χ0n) is 13.8. The van der Waals surface area contributed by atoms with Crippen LogP contribution in [0.3, 0.4) is 0 Å². The van der Waals surface area contributed by atoms with Crippen molar-refractivity contribution < 1.29 is 9.47 Å². The Hall–Kier alpha value is -2.00. The number of rotatable bonds is 7. The van der Waals surface area contributed by atoms with Gasteiger partial charge in [-0.15, -0.1) is 0 Å². The van der Waals surface area contributed by atoms with Crippen LogP contribution >= 0.6 is 0 Å². The molecule has 118 valence electrons. The Morgan fingerprint density at radius 1 is 1.09 bits per heavy atom. The van der Waals surface area contributed by atoms with Crippen LogP contribution in [0.5, 0.6) is 11.5 Å². The Labute approximate surface area is 133 Å². The normalized spacial score (nSPS) is 12.0. The first-order valence-electron chi connectivity index (χ1n) is 7.74. The van der Waals surface area contributed by atoms with Gasteiger partial charge in [-0.25, -0.2) is 0 Å². The van der Waals surface area contributed by atoms with E-state index in [1.54, 1.807) is 7.11 Å². The summed E-state index contributed by atoms with van der Waals surface area (Å²) in [5.74, 6) is 1.57. The number of methoxy groups -OCH3 is 1. The van der Waals surface area contributed by atoms with Crippen molar-refractivity contribution in [1.82, 2.24) is 5.32 Å². The number of aryl methyl sites for hydroxylation is 1. The maximum absolute atomic E-state index is 5.63. The lowest BCUT2D eigenvalue weighted by Gasteiger charge is -2.17. The second-order valence-corrected chi connectivity index (χ2v) is 5.38. The molecule has 3 nitrogen and oxygen atoms in total. The number of benzene rings is 2. The lowest BCUT2D eigenvalue weighted by molar-refractivity contribution is 0.310. The van der Waals surface area contributed by atoms with E-state index in [0.717, 1.165) is 18.0 Å². The zero-order valence-corrected chi connectivity index (χ0v) is 13.8. The van der Waals surface area contributed by atoms with Crippen LogP contribution in [0, 0.1) is 6.92 Å². The summed E-state index contributed by atoms with van der Waals surface area (Å²) in [5, 5.41) is 3.57. The third-order valence-corrected chi connectivity index (χ3v) is 3.80. The van der Waals surface area contributed by atoms with Crippen LogP contribution in [0.4, 0.5) is 0 Å². The summed E-state index contributed by atoms with van der Waals surface area (Å²) in [6.07, 6.45) is 0. The van der Waals surface area contributed by atoms with Crippen molar-refractivity contribution in [2.75, 3.05) is 13.7 Å². The Balaban J connectivity index is 2.05. The summed E-state index contributed by atoms with van der Waals surface area (Å²) in [6.45, 7) is 7.74. The second-order valence-electron chi connectivity index (χ2n) is 5.38. The van der Waals surface area contributed by atoms with Gasteiger partial charge in [-0.2, -0.15) is 0 Å². The highest BCUT2D eigenvalue weighted by atomic mass is 16.5. The molecule has 1 atom stereocenters. The van der Waals surface area contributed by atoms with E-state index in [4.69, 9.17) is 9.47 Å². The summed E-state index contributed by atoms with van der Waals surface area (Å²) in [4.78, 5) is 0. The van der Waals surface area contributed by atoms with Crippen LogP contribution in [0.15, 0.2) is 42.5 Å². The Kier molecular flexibility index (Phi) is 5.84. The van der Waals surface area contributed by atoms with Crippen molar-refractivity contribution in [3.8, 4) is 11.5 Å². The molecule has 0 spiro atoms. The molecule has 0 fully saturated rings. The van der Waals surface area contributed by atoms with Crippen molar-refractivity contribution in [2.24, 2.45) is 0 Å². The number of hydrogen-bond acceptors (Lipinski definition) is 3. The van der Waals surface area contributed by atoms with Gasteiger partial charge in [0.2, 0.25) is 0 Å². The van der Waals surface area contributed by atoms with Crippen LogP contribution in [0.25, 0.3) is 0 Å². The van der Waals surface area contributed by atoms with Gasteiger partial charge in [-0.3, -0.25) is 0 Å². The topological polar surface area (TPSA) is 30.5 Å². The van der Waals surface area contributed by atoms with Gasteiger partial charge in [-0.05, 0) is 49.6 Å². The van der Waals surface area contributed by atoms with E-state index in [0.29, 0.717) is 12.6 Å². The summed E-state index contributed by atoms with van der Waals surface area (Å²) in [7, 11) is 1.66. The maximum Gasteiger partial charge on any atom is 0.161 e. The summed E-state index contributed by atoms with van der Waals surface area (Å²) in [5.41, 5.74) is 3.83. The van der Waals surface area contributed by atoms with Crippen molar-refractivity contribution in [3.05, 3.63) is 59.2 Å². The molecule has 0 saturated heterocycles. The Morgan fingerprint density at radius 2 is 1.86 bits per heavy atom. The molecule has 0 radical (unpaired) electrons. The van der Waals surface area contributed by atoms with Gasteiger partial charge in [-0.1, -0.05) is 30.3 Å². The summed E-state index contributed by atoms with van der Waals surface area (Å²) in [6, 6.07) is 14.9. The van der Waals surface area contributed by atoms with Gasteiger partial charge >= 0.3 is 0 Å². The molecule has 0 aliphatic heterocycles. The third kappa shape index (κ3) is 4.01. The first-order chi connectivity index (χ1) is 10.7. The fourth-order valence-corrected chi connectivity index (χ4v) is 2.55. The molecule has 0 aromatic heterocycles. The monoisotopic (exact) mass is 299 g/mol. The van der Waals surface area contributed by atoms with Gasteiger partial charge in [0, 0.05) is 12.6 Å². The molecule has 0 aliphatic carbocycles. The van der Waals surface area contributed by atoms with Gasteiger partial charge in [0.25, 0.3) is 0 Å². The average molecular weight is 299 g/mol. The predicted molar refractivity (Wildman–Crippen MR) is 90.6 cm³/mol. The van der Waals surface area contributed by atoms with Crippen LogP contribution in [-0.2, 0) is 6.54 Å². The smallest absolute Gasteiger partial charge is 0.161 e. The van der Waals surface area contributed by atoms with Crippen LogP contribution in [0.2, 0.25) is 0 Å². The lowest BCUT2D eigenvalue weighted by atomic mass is 10.0. The van der Waals surface area contributed by atoms with E-state index in [1.807, 2.05) is 19.1 Å². The van der Waals surface area contributed by atoms with Crippen LogP contribution < -0.4 is 14.8 Å². The third-order valence-electron chi connectivity index (χ3n) is 3.80. The van der Waals surface area contributed by atoms with E-state index in [9.17, 15) is 0 Å². The first kappa shape index (κ1) is 16.4. The van der Waals surface area contributed by atoms with E-state index in [-0.39, 0.29) is 0 Å². The van der Waals surface area contributed by atoms with Crippen molar-refractivity contribution in [1.29, 1.82) is 0 Å². The Bertz CT molecular complexity index is 610. The minimum absolute atomic E-state index is 0.304. The van der Waals surface area contributed by atoms with Crippen molar-refractivity contribution in [3.63, 3.8) is 0 Å². The number of ether oxygens (including phenoxy) is 2. The Morgan fingerprint density at radius 3 is 2.55 bits per heavy atom. The largest absolute Gasteiger partial charge is 0.493 e. The molecular weight excluding hydrogens is 274 g/mol. The molecule has 1 unspecified atom stereocenters. The van der Waals surface area contributed by atoms with E-state index in [1.165, 1.54) is 16.7 Å². The molecule has 0 amide bonds. The molecule has 0 saturated carbocycles. The van der Waals surface area contributed by atoms with Crippen LogP contribution in [-0.4, -0.2) is 13.7 Å². The molecule has 0 heterocycles. The zero-order chi connectivity index (χ0) is 15.9. The number of hydrogen-bond donors (Lipinski definition) is 1. The minimum atomic E-state index is 0.304. The SMILES string of the molecule is CCOc1cc(CNC(C)c2ccccc2C)ccc1OC. The van der Waals surface area contributed by atoms with Gasteiger partial charge in [0.05, 0.1) is 13.7 Å². The molecule has 2 aromatic rings. The standard InChI is InChI=1S/C19H25NO2/c1-5-22-19-12-16(10-11-18(19)21-4)13-20-15(3)17-9-7-6-8-14(17)2/h6-12,15,20H,5,13H2,1-4H3. The fourth-order valence-electron chi connectivity index (χ4n) is 2.55. The minimum Gasteiger partial charge on any atom is -0.493 e. The van der Waals surface area contributed by atoms with E-state index >= 15 is 0 Å². The molecular formula is C19H25NO2. The molecule has 2 aromatic carbocycles. The molecule has 2 rings (SSSR count). The van der Waals surface area contributed by atoms with Crippen molar-refractivity contribution >= 4 is 0 Å². The summed E-state index contributed by atoms with van der Waals surface area (Å²) < 4.78 is 10.9. The average Bonchev–Trinajstić information content (AvgIpc) is 2.53. The second kappa shape index (κ2) is 7.85. The quantitative estimate of drug-likeness (QED) is 0.829. The first-order valence-corrected chi connectivity index (χ1v) is 7.74. The van der Waals surface area contributed by atoms with Gasteiger partial charge < -0.3 is 14.8 Å². The highest BCUT2D eigenvalue weighted by molar-refractivity contribution is 5.43.